The zero-order chi connectivity index (χ0) is 17.1. The van der Waals surface area contributed by atoms with Crippen molar-refractivity contribution in [3.05, 3.63) is 22.8 Å². The molecular weight excluding hydrogens is 270 g/mol. The molecule has 2 rings (SSSR count). The molecule has 3 heteroatoms. The Morgan fingerprint density at radius 3 is 1.82 bits per heavy atom. The minimum Gasteiger partial charge on any atom is -0.286 e. The molecule has 0 aromatic carbocycles. The smallest absolute Gasteiger partial charge is 0.134 e. The minimum atomic E-state index is -0.0239. The summed E-state index contributed by atoms with van der Waals surface area (Å²) in [6, 6.07) is 0.347. The first-order valence-corrected chi connectivity index (χ1v) is 8.41. The van der Waals surface area contributed by atoms with Crippen LogP contribution in [0.15, 0.2) is 0 Å². The van der Waals surface area contributed by atoms with Gasteiger partial charge in [-0.3, -0.25) is 4.90 Å². The molecule has 0 saturated carbocycles. The second-order valence-electron chi connectivity index (χ2n) is 9.73. The Balaban J connectivity index is 2.66. The van der Waals surface area contributed by atoms with Crippen LogP contribution in [-0.4, -0.2) is 20.4 Å². The average Bonchev–Trinajstić information content (AvgIpc) is 2.63. The molecule has 1 aromatic heterocycles. The number of nitrogens with zero attached hydrogens (tertiary/aromatic N) is 3. The lowest BCUT2D eigenvalue weighted by Gasteiger charge is -2.35. The van der Waals surface area contributed by atoms with Gasteiger partial charge in [-0.2, -0.15) is 0 Å². The van der Waals surface area contributed by atoms with Gasteiger partial charge >= 0.3 is 0 Å². The molecule has 1 unspecified atom stereocenters. The van der Waals surface area contributed by atoms with Gasteiger partial charge in [-0.05, 0) is 27.7 Å². The standard InChI is InChI=1S/C19H33N3/c1-12-14-13(11-22(12)19(8,9)10)15(17(2,3)4)21-16(20-14)18(5,6)7/h12H,11H2,1-10H3. The van der Waals surface area contributed by atoms with E-state index in [2.05, 4.69) is 74.1 Å². The zero-order valence-corrected chi connectivity index (χ0v) is 16.1. The molecule has 1 aliphatic heterocycles. The lowest BCUT2D eigenvalue weighted by molar-refractivity contribution is 0.0985. The highest BCUT2D eigenvalue weighted by Crippen LogP contribution is 2.41. The van der Waals surface area contributed by atoms with E-state index in [0.29, 0.717) is 6.04 Å². The van der Waals surface area contributed by atoms with E-state index >= 15 is 0 Å². The van der Waals surface area contributed by atoms with E-state index in [-0.39, 0.29) is 16.4 Å². The molecule has 124 valence electrons. The molecule has 3 nitrogen and oxygen atoms in total. The maximum atomic E-state index is 5.00. The maximum Gasteiger partial charge on any atom is 0.134 e. The fraction of sp³-hybridized carbons (Fsp3) is 0.789. The second-order valence-corrected chi connectivity index (χ2v) is 9.73. The van der Waals surface area contributed by atoms with E-state index in [9.17, 15) is 0 Å². The summed E-state index contributed by atoms with van der Waals surface area (Å²) >= 11 is 0. The SMILES string of the molecule is CC1c2nc(C(C)(C)C)nc(C(C)(C)C)c2CN1C(C)(C)C. The van der Waals surface area contributed by atoms with Crippen LogP contribution in [0.5, 0.6) is 0 Å². The van der Waals surface area contributed by atoms with Crippen LogP contribution in [0, 0.1) is 0 Å². The number of hydrogen-bond donors (Lipinski definition) is 0. The monoisotopic (exact) mass is 303 g/mol. The van der Waals surface area contributed by atoms with E-state index in [1.807, 2.05) is 0 Å². The molecule has 2 heterocycles. The molecule has 1 aliphatic rings. The van der Waals surface area contributed by atoms with Crippen molar-refractivity contribution in [2.75, 3.05) is 0 Å². The predicted molar refractivity (Wildman–Crippen MR) is 93.1 cm³/mol. The Morgan fingerprint density at radius 1 is 0.864 bits per heavy atom. The van der Waals surface area contributed by atoms with Gasteiger partial charge in [0.15, 0.2) is 0 Å². The summed E-state index contributed by atoms with van der Waals surface area (Å²) < 4.78 is 0. The van der Waals surface area contributed by atoms with Crippen molar-refractivity contribution in [3.63, 3.8) is 0 Å². The summed E-state index contributed by atoms with van der Waals surface area (Å²) in [6.45, 7) is 23.4. The van der Waals surface area contributed by atoms with E-state index in [1.54, 1.807) is 0 Å². The summed E-state index contributed by atoms with van der Waals surface area (Å²) in [5, 5.41) is 0. The molecule has 0 aliphatic carbocycles. The molecule has 0 radical (unpaired) electrons. The number of fused-ring (bicyclic) bond motifs is 1. The molecule has 1 aromatic rings. The van der Waals surface area contributed by atoms with Crippen molar-refractivity contribution in [2.24, 2.45) is 0 Å². The molecule has 0 bridgehead atoms. The van der Waals surface area contributed by atoms with Crippen molar-refractivity contribution < 1.29 is 0 Å². The maximum absolute atomic E-state index is 5.00. The first-order valence-electron chi connectivity index (χ1n) is 8.41. The van der Waals surface area contributed by atoms with Crippen molar-refractivity contribution in [1.29, 1.82) is 0 Å². The first kappa shape index (κ1) is 17.4. The Hall–Kier alpha value is -0.960. The van der Waals surface area contributed by atoms with Crippen LogP contribution in [0.2, 0.25) is 0 Å². The summed E-state index contributed by atoms with van der Waals surface area (Å²) in [6.07, 6.45) is 0. The molecule has 0 spiro atoms. The topological polar surface area (TPSA) is 29.0 Å². The fourth-order valence-electron chi connectivity index (χ4n) is 3.23. The van der Waals surface area contributed by atoms with Gasteiger partial charge < -0.3 is 0 Å². The molecule has 1 atom stereocenters. The third-order valence-corrected chi connectivity index (χ3v) is 4.47. The van der Waals surface area contributed by atoms with Gasteiger partial charge in [-0.1, -0.05) is 41.5 Å². The van der Waals surface area contributed by atoms with Gasteiger partial charge in [0.25, 0.3) is 0 Å². The Kier molecular flexibility index (Phi) is 3.97. The highest BCUT2D eigenvalue weighted by Gasteiger charge is 2.40. The van der Waals surface area contributed by atoms with Crippen LogP contribution >= 0.6 is 0 Å². The largest absolute Gasteiger partial charge is 0.286 e. The van der Waals surface area contributed by atoms with Crippen LogP contribution in [0.3, 0.4) is 0 Å². The van der Waals surface area contributed by atoms with E-state index in [0.717, 1.165) is 12.4 Å². The molecule has 0 saturated heterocycles. The third kappa shape index (κ3) is 3.05. The van der Waals surface area contributed by atoms with Gasteiger partial charge in [0.2, 0.25) is 0 Å². The third-order valence-electron chi connectivity index (χ3n) is 4.47. The van der Waals surface area contributed by atoms with Gasteiger partial charge in [0.1, 0.15) is 5.82 Å². The van der Waals surface area contributed by atoms with Gasteiger partial charge in [0, 0.05) is 28.5 Å². The van der Waals surface area contributed by atoms with Gasteiger partial charge in [-0.25, -0.2) is 9.97 Å². The predicted octanol–water partition coefficient (Wildman–Crippen LogP) is 4.75. The number of hydrogen-bond acceptors (Lipinski definition) is 3. The van der Waals surface area contributed by atoms with Crippen molar-refractivity contribution in [2.45, 2.75) is 98.2 Å². The number of rotatable bonds is 0. The normalized spacial score (nSPS) is 20.4. The van der Waals surface area contributed by atoms with Crippen LogP contribution in [0.4, 0.5) is 0 Å². The Morgan fingerprint density at radius 2 is 1.41 bits per heavy atom. The van der Waals surface area contributed by atoms with Crippen molar-refractivity contribution >= 4 is 0 Å². The highest BCUT2D eigenvalue weighted by molar-refractivity contribution is 5.37. The Bertz CT molecular complexity index is 568. The summed E-state index contributed by atoms with van der Waals surface area (Å²) in [5.41, 5.74) is 3.96. The lowest BCUT2D eigenvalue weighted by Crippen LogP contribution is -2.39. The van der Waals surface area contributed by atoms with Crippen LogP contribution in [0.25, 0.3) is 0 Å². The van der Waals surface area contributed by atoms with Crippen molar-refractivity contribution in [3.8, 4) is 0 Å². The van der Waals surface area contributed by atoms with Crippen LogP contribution in [-0.2, 0) is 17.4 Å². The zero-order valence-electron chi connectivity index (χ0n) is 16.1. The Labute approximate surface area is 136 Å². The summed E-state index contributed by atoms with van der Waals surface area (Å²) in [4.78, 5) is 12.5. The molecule has 0 N–H and O–H groups in total. The lowest BCUT2D eigenvalue weighted by atomic mass is 9.86. The highest BCUT2D eigenvalue weighted by atomic mass is 15.2. The van der Waals surface area contributed by atoms with Gasteiger partial charge in [-0.15, -0.1) is 0 Å². The number of aromatic nitrogens is 2. The first-order chi connectivity index (χ1) is 9.73. The van der Waals surface area contributed by atoms with E-state index in [4.69, 9.17) is 9.97 Å². The quantitative estimate of drug-likeness (QED) is 0.693. The fourth-order valence-corrected chi connectivity index (χ4v) is 3.23. The molecule has 0 fully saturated rings. The molecule has 0 amide bonds. The minimum absolute atomic E-state index is 0.0239. The van der Waals surface area contributed by atoms with E-state index < -0.39 is 0 Å². The summed E-state index contributed by atoms with van der Waals surface area (Å²) in [5.74, 6) is 0.971. The van der Waals surface area contributed by atoms with Gasteiger partial charge in [0.05, 0.1) is 17.4 Å². The molecular formula is C19H33N3. The second kappa shape index (κ2) is 5.02. The average molecular weight is 303 g/mol. The summed E-state index contributed by atoms with van der Waals surface area (Å²) in [7, 11) is 0. The van der Waals surface area contributed by atoms with Crippen LogP contribution in [0.1, 0.15) is 98.1 Å². The molecule has 22 heavy (non-hydrogen) atoms. The van der Waals surface area contributed by atoms with E-state index in [1.165, 1.54) is 17.0 Å². The van der Waals surface area contributed by atoms with Crippen molar-refractivity contribution in [1.82, 2.24) is 14.9 Å². The van der Waals surface area contributed by atoms with Crippen LogP contribution < -0.4 is 0 Å².